The predicted octanol–water partition coefficient (Wildman–Crippen LogP) is 4.74. The fourth-order valence-electron chi connectivity index (χ4n) is 5.41. The Kier molecular flexibility index (Phi) is 6.17. The average molecular weight is 556 g/mol. The number of anilines is 1. The molecule has 1 amide bonds. The Bertz CT molecular complexity index is 1370. The first-order chi connectivity index (χ1) is 17.3. The van der Waals surface area contributed by atoms with E-state index in [9.17, 15) is 19.3 Å². The zero-order valence-corrected chi connectivity index (χ0v) is 21.0. The standard InChI is InChI=1S/C26H23BrFN3O5/c1-14-22(24(31(33)34)26(30-14)18-8-3-4-9-20(18)29-25(26)32)16-11-19(27)23(21(12-16)35-2)36-13-15-6-5-7-17(28)10-15/h3-12,14,22,24,30H,13H2,1-2H3,(H,29,32)/t14-,22-,24-,26-/m0/s1. The normalized spacial score (nSPS) is 24.4. The smallest absolute Gasteiger partial charge is 0.256 e. The Morgan fingerprint density at radius 2 is 1.94 bits per heavy atom. The van der Waals surface area contributed by atoms with E-state index in [-0.39, 0.29) is 17.3 Å². The van der Waals surface area contributed by atoms with Crippen LogP contribution >= 0.6 is 15.9 Å². The molecule has 4 atom stereocenters. The van der Waals surface area contributed by atoms with Crippen molar-refractivity contribution in [2.45, 2.75) is 37.1 Å². The zero-order chi connectivity index (χ0) is 25.6. The number of nitrogens with one attached hydrogen (secondary N) is 2. The molecular weight excluding hydrogens is 533 g/mol. The second-order valence-electron chi connectivity index (χ2n) is 8.95. The van der Waals surface area contributed by atoms with Crippen LogP contribution in [0.3, 0.4) is 0 Å². The first-order valence-electron chi connectivity index (χ1n) is 11.3. The van der Waals surface area contributed by atoms with E-state index in [0.29, 0.717) is 38.3 Å². The Balaban J connectivity index is 1.53. The highest BCUT2D eigenvalue weighted by Gasteiger charge is 2.67. The highest BCUT2D eigenvalue weighted by molar-refractivity contribution is 9.10. The van der Waals surface area contributed by atoms with Crippen LogP contribution in [0.25, 0.3) is 0 Å². The minimum absolute atomic E-state index is 0.102. The highest BCUT2D eigenvalue weighted by atomic mass is 79.9. The number of halogens is 2. The molecule has 5 rings (SSSR count). The number of benzene rings is 3. The molecule has 0 radical (unpaired) electrons. The summed E-state index contributed by atoms with van der Waals surface area (Å²) in [7, 11) is 1.48. The molecule has 1 saturated heterocycles. The number of ether oxygens (including phenoxy) is 2. The summed E-state index contributed by atoms with van der Waals surface area (Å²) in [6, 6.07) is 14.9. The van der Waals surface area contributed by atoms with E-state index in [4.69, 9.17) is 9.47 Å². The van der Waals surface area contributed by atoms with E-state index < -0.39 is 29.4 Å². The Morgan fingerprint density at radius 1 is 1.17 bits per heavy atom. The minimum atomic E-state index is -1.50. The van der Waals surface area contributed by atoms with Crippen LogP contribution in [0.2, 0.25) is 0 Å². The SMILES string of the molecule is COc1cc([C@@H]2[C@H](C)N[C@]3(C(=O)Nc4ccccc43)[C@H]2[N+](=O)[O-])cc(Br)c1OCc1cccc(F)c1. The van der Waals surface area contributed by atoms with Crippen molar-refractivity contribution in [1.82, 2.24) is 5.32 Å². The van der Waals surface area contributed by atoms with E-state index in [1.165, 1.54) is 19.2 Å². The van der Waals surface area contributed by atoms with Gasteiger partial charge in [-0.05, 0) is 64.3 Å². The fourth-order valence-corrected chi connectivity index (χ4v) is 5.98. The molecule has 186 valence electrons. The van der Waals surface area contributed by atoms with Gasteiger partial charge in [0.25, 0.3) is 11.9 Å². The van der Waals surface area contributed by atoms with Gasteiger partial charge in [-0.25, -0.2) is 4.39 Å². The molecule has 2 aliphatic rings. The largest absolute Gasteiger partial charge is 0.493 e. The van der Waals surface area contributed by atoms with Crippen LogP contribution < -0.4 is 20.1 Å². The Hall–Kier alpha value is -3.50. The number of amides is 1. The van der Waals surface area contributed by atoms with Gasteiger partial charge in [-0.1, -0.05) is 30.3 Å². The first kappa shape index (κ1) is 24.2. The van der Waals surface area contributed by atoms with Gasteiger partial charge in [0.15, 0.2) is 17.0 Å². The van der Waals surface area contributed by atoms with Crippen LogP contribution in [0.1, 0.15) is 29.5 Å². The lowest BCUT2D eigenvalue weighted by atomic mass is 9.78. The maximum atomic E-state index is 13.5. The number of fused-ring (bicyclic) bond motifs is 2. The van der Waals surface area contributed by atoms with Crippen molar-refractivity contribution < 1.29 is 23.6 Å². The summed E-state index contributed by atoms with van der Waals surface area (Å²) >= 11 is 3.51. The molecule has 36 heavy (non-hydrogen) atoms. The maximum absolute atomic E-state index is 13.5. The molecule has 10 heteroatoms. The summed E-state index contributed by atoms with van der Waals surface area (Å²) in [5, 5.41) is 18.6. The van der Waals surface area contributed by atoms with Crippen molar-refractivity contribution in [3.05, 3.63) is 97.8 Å². The van der Waals surface area contributed by atoms with Gasteiger partial charge in [0.05, 0.1) is 17.5 Å². The lowest BCUT2D eigenvalue weighted by Gasteiger charge is -2.25. The molecule has 2 N–H and O–H groups in total. The van der Waals surface area contributed by atoms with Crippen molar-refractivity contribution in [2.24, 2.45) is 0 Å². The van der Waals surface area contributed by atoms with Gasteiger partial charge in [0, 0.05) is 22.2 Å². The summed E-state index contributed by atoms with van der Waals surface area (Å²) in [5.74, 6) is -0.708. The lowest BCUT2D eigenvalue weighted by molar-refractivity contribution is -0.532. The molecular formula is C26H23BrFN3O5. The van der Waals surface area contributed by atoms with Crippen molar-refractivity contribution in [1.29, 1.82) is 0 Å². The summed E-state index contributed by atoms with van der Waals surface area (Å²) in [4.78, 5) is 25.4. The van der Waals surface area contributed by atoms with E-state index in [1.807, 2.05) is 6.92 Å². The van der Waals surface area contributed by atoms with Crippen LogP contribution in [-0.2, 0) is 16.9 Å². The van der Waals surface area contributed by atoms with E-state index in [0.717, 1.165) is 0 Å². The van der Waals surface area contributed by atoms with Crippen LogP contribution in [0.5, 0.6) is 11.5 Å². The van der Waals surface area contributed by atoms with Gasteiger partial charge in [0.2, 0.25) is 0 Å². The van der Waals surface area contributed by atoms with Gasteiger partial charge in [-0.15, -0.1) is 0 Å². The van der Waals surface area contributed by atoms with Crippen molar-refractivity contribution >= 4 is 27.5 Å². The van der Waals surface area contributed by atoms with Gasteiger partial charge in [0.1, 0.15) is 12.4 Å². The highest BCUT2D eigenvalue weighted by Crippen LogP contribution is 2.51. The summed E-state index contributed by atoms with van der Waals surface area (Å²) in [5.41, 5.74) is 0.883. The zero-order valence-electron chi connectivity index (χ0n) is 19.5. The first-order valence-corrected chi connectivity index (χ1v) is 12.1. The Labute approximate surface area is 215 Å². The third-order valence-electron chi connectivity index (χ3n) is 6.87. The van der Waals surface area contributed by atoms with Crippen molar-refractivity contribution in [3.8, 4) is 11.5 Å². The van der Waals surface area contributed by atoms with E-state index >= 15 is 0 Å². The average Bonchev–Trinajstić information content (AvgIpc) is 3.31. The molecule has 2 aliphatic heterocycles. The number of hydrogen-bond acceptors (Lipinski definition) is 6. The number of carbonyl (C=O) groups excluding carboxylic acids is 1. The summed E-state index contributed by atoms with van der Waals surface area (Å²) in [6.07, 6.45) is 0. The van der Waals surface area contributed by atoms with E-state index in [1.54, 1.807) is 48.5 Å². The van der Waals surface area contributed by atoms with Crippen LogP contribution in [-0.4, -0.2) is 30.0 Å². The van der Waals surface area contributed by atoms with Gasteiger partial charge in [-0.3, -0.25) is 20.2 Å². The third kappa shape index (κ3) is 3.81. The van der Waals surface area contributed by atoms with Gasteiger partial charge >= 0.3 is 0 Å². The quantitative estimate of drug-likeness (QED) is 0.336. The lowest BCUT2D eigenvalue weighted by Crippen LogP contribution is -2.54. The fraction of sp³-hybridized carbons (Fsp3) is 0.269. The number of nitro groups is 1. The van der Waals surface area contributed by atoms with Gasteiger partial charge < -0.3 is 14.8 Å². The van der Waals surface area contributed by atoms with Crippen LogP contribution in [0.4, 0.5) is 10.1 Å². The van der Waals surface area contributed by atoms with Gasteiger partial charge in [-0.2, -0.15) is 0 Å². The summed E-state index contributed by atoms with van der Waals surface area (Å²) in [6.45, 7) is 1.93. The number of hydrogen-bond donors (Lipinski definition) is 2. The molecule has 2 heterocycles. The molecule has 3 aromatic rings. The van der Waals surface area contributed by atoms with Crippen molar-refractivity contribution in [2.75, 3.05) is 12.4 Å². The minimum Gasteiger partial charge on any atom is -0.493 e. The molecule has 8 nitrogen and oxygen atoms in total. The second-order valence-corrected chi connectivity index (χ2v) is 9.80. The molecule has 3 aromatic carbocycles. The second kappa shape index (κ2) is 9.18. The molecule has 0 unspecified atom stereocenters. The topological polar surface area (TPSA) is 103 Å². The molecule has 0 aromatic heterocycles. The molecule has 1 spiro atoms. The number of rotatable bonds is 6. The third-order valence-corrected chi connectivity index (χ3v) is 7.46. The van der Waals surface area contributed by atoms with Crippen LogP contribution in [0.15, 0.2) is 65.1 Å². The number of nitrogens with zero attached hydrogens (tertiary/aromatic N) is 1. The summed E-state index contributed by atoms with van der Waals surface area (Å²) < 4.78 is 25.6. The number of carbonyl (C=O) groups is 1. The van der Waals surface area contributed by atoms with E-state index in [2.05, 4.69) is 26.6 Å². The predicted molar refractivity (Wildman–Crippen MR) is 134 cm³/mol. The molecule has 1 fully saturated rings. The monoisotopic (exact) mass is 555 g/mol. The van der Waals surface area contributed by atoms with Crippen molar-refractivity contribution in [3.63, 3.8) is 0 Å². The maximum Gasteiger partial charge on any atom is 0.256 e. The molecule has 0 aliphatic carbocycles. The molecule has 0 bridgehead atoms. The number of para-hydroxylation sites is 1. The Morgan fingerprint density at radius 3 is 2.67 bits per heavy atom. The number of methoxy groups -OCH3 is 1. The molecule has 0 saturated carbocycles. The van der Waals surface area contributed by atoms with Crippen LogP contribution in [0, 0.1) is 15.9 Å².